The van der Waals surface area contributed by atoms with E-state index in [1.165, 1.54) is 37.7 Å². The Morgan fingerprint density at radius 3 is 2.28 bits per heavy atom. The topological polar surface area (TPSA) is 55.1 Å². The number of imidazole rings is 1. The third kappa shape index (κ3) is 3.27. The molecule has 3 aromatic rings. The number of hydrogen-bond acceptors (Lipinski definition) is 3. The third-order valence-corrected chi connectivity index (χ3v) is 7.67. The molecule has 4 nitrogen and oxygen atoms in total. The van der Waals surface area contributed by atoms with Crippen LogP contribution in [0.3, 0.4) is 0 Å². The maximum atomic E-state index is 12.0. The Labute approximate surface area is 175 Å². The summed E-state index contributed by atoms with van der Waals surface area (Å²) in [4.78, 5) is 16.8. The van der Waals surface area contributed by atoms with Crippen LogP contribution in [0.15, 0.2) is 65.7 Å². The van der Waals surface area contributed by atoms with Gasteiger partial charge in [-0.25, -0.2) is 9.78 Å². The van der Waals surface area contributed by atoms with Crippen LogP contribution < -0.4 is 0 Å². The minimum Gasteiger partial charge on any atom is -0.475 e. The molecule has 2 aromatic carbocycles. The van der Waals surface area contributed by atoms with Gasteiger partial charge in [-0.15, -0.1) is 0 Å². The average Bonchev–Trinajstić information content (AvgIpc) is 3.32. The molecule has 2 atom stereocenters. The molecule has 1 N–H and O–H groups in total. The van der Waals surface area contributed by atoms with Crippen LogP contribution in [0.25, 0.3) is 5.69 Å². The number of benzene rings is 2. The standard InChI is InChI=1S/C24H24N2O2S/c27-24(28)22-25-20-19(16-10-4-1-5-11-16)21(17-12-6-2-7-13-17)29-23(20)26(22)18-14-8-3-9-15-18/h2-3,6-9,12-16,19,21H,1,4-5,10-11H2,(H,27,28)/t19-,21-/m1/s1. The lowest BCUT2D eigenvalue weighted by Gasteiger charge is -2.31. The molecule has 1 aliphatic heterocycles. The highest BCUT2D eigenvalue weighted by Gasteiger charge is 2.44. The molecule has 1 fully saturated rings. The maximum Gasteiger partial charge on any atom is 0.372 e. The van der Waals surface area contributed by atoms with Gasteiger partial charge in [0.1, 0.15) is 5.03 Å². The van der Waals surface area contributed by atoms with E-state index in [1.807, 2.05) is 34.9 Å². The Bertz CT molecular complexity index is 1010. The zero-order valence-electron chi connectivity index (χ0n) is 16.2. The van der Waals surface area contributed by atoms with Gasteiger partial charge in [0.25, 0.3) is 0 Å². The summed E-state index contributed by atoms with van der Waals surface area (Å²) in [7, 11) is 0. The van der Waals surface area contributed by atoms with Gasteiger partial charge in [-0.1, -0.05) is 79.6 Å². The van der Waals surface area contributed by atoms with Crippen LogP contribution in [0.2, 0.25) is 0 Å². The van der Waals surface area contributed by atoms with E-state index in [2.05, 4.69) is 30.3 Å². The summed E-state index contributed by atoms with van der Waals surface area (Å²) < 4.78 is 1.85. The van der Waals surface area contributed by atoms with Gasteiger partial charge >= 0.3 is 5.97 Å². The zero-order valence-corrected chi connectivity index (χ0v) is 17.0. The Morgan fingerprint density at radius 2 is 1.62 bits per heavy atom. The number of hydrogen-bond donors (Lipinski definition) is 1. The monoisotopic (exact) mass is 404 g/mol. The van der Waals surface area contributed by atoms with Gasteiger partial charge in [-0.2, -0.15) is 0 Å². The van der Waals surface area contributed by atoms with Gasteiger partial charge in [0.15, 0.2) is 0 Å². The second kappa shape index (κ2) is 7.71. The molecule has 0 amide bonds. The van der Waals surface area contributed by atoms with Gasteiger partial charge in [0, 0.05) is 16.9 Å². The molecule has 0 radical (unpaired) electrons. The summed E-state index contributed by atoms with van der Waals surface area (Å²) in [6.07, 6.45) is 6.23. The number of aromatic carboxylic acids is 1. The third-order valence-electron chi connectivity index (χ3n) is 6.23. The Hall–Kier alpha value is -2.53. The lowest BCUT2D eigenvalue weighted by atomic mass is 9.76. The van der Waals surface area contributed by atoms with Crippen molar-refractivity contribution in [2.24, 2.45) is 5.92 Å². The van der Waals surface area contributed by atoms with Crippen LogP contribution in [-0.2, 0) is 0 Å². The summed E-state index contributed by atoms with van der Waals surface area (Å²) in [5.41, 5.74) is 3.15. The number of carbonyl (C=O) groups is 1. The fourth-order valence-electron chi connectivity index (χ4n) is 4.93. The molecule has 1 saturated carbocycles. The van der Waals surface area contributed by atoms with Crippen LogP contribution in [0, 0.1) is 5.92 Å². The first-order chi connectivity index (χ1) is 14.2. The Balaban J connectivity index is 1.66. The molecular weight excluding hydrogens is 380 g/mol. The van der Waals surface area contributed by atoms with Crippen LogP contribution in [0.1, 0.15) is 65.1 Å². The summed E-state index contributed by atoms with van der Waals surface area (Å²) in [5, 5.41) is 11.2. The van der Waals surface area contributed by atoms with E-state index < -0.39 is 5.97 Å². The summed E-state index contributed by atoms with van der Waals surface area (Å²) in [6.45, 7) is 0. The van der Waals surface area contributed by atoms with Crippen LogP contribution in [-0.4, -0.2) is 20.6 Å². The van der Waals surface area contributed by atoms with Crippen LogP contribution in [0.4, 0.5) is 0 Å². The minimum absolute atomic E-state index is 0.126. The number of nitrogens with zero attached hydrogens (tertiary/aromatic N) is 2. The molecule has 148 valence electrons. The quantitative estimate of drug-likeness (QED) is 0.572. The Morgan fingerprint density at radius 1 is 0.966 bits per heavy atom. The van der Waals surface area contributed by atoms with Gasteiger partial charge in [0.05, 0.1) is 5.69 Å². The molecule has 2 aliphatic rings. The van der Waals surface area contributed by atoms with E-state index in [0.29, 0.717) is 5.92 Å². The predicted molar refractivity (Wildman–Crippen MR) is 115 cm³/mol. The smallest absolute Gasteiger partial charge is 0.372 e. The van der Waals surface area contributed by atoms with E-state index in [1.54, 1.807) is 11.8 Å². The maximum absolute atomic E-state index is 12.0. The van der Waals surface area contributed by atoms with E-state index in [4.69, 9.17) is 4.98 Å². The molecule has 5 heteroatoms. The molecule has 0 spiro atoms. The number of para-hydroxylation sites is 1. The lowest BCUT2D eigenvalue weighted by molar-refractivity contribution is 0.0680. The van der Waals surface area contributed by atoms with Crippen molar-refractivity contribution in [2.75, 3.05) is 0 Å². The second-order valence-electron chi connectivity index (χ2n) is 7.97. The molecular formula is C24H24N2O2S. The largest absolute Gasteiger partial charge is 0.475 e. The van der Waals surface area contributed by atoms with Crippen molar-refractivity contribution in [1.29, 1.82) is 0 Å². The SMILES string of the molecule is O=C(O)c1nc2c(n1-c1ccccc1)S[C@H](c1ccccc1)[C@@H]2C1CCCCC1. The summed E-state index contributed by atoms with van der Waals surface area (Å²) in [6, 6.07) is 20.4. The van der Waals surface area contributed by atoms with E-state index in [9.17, 15) is 9.90 Å². The van der Waals surface area contributed by atoms with Crippen molar-refractivity contribution in [3.63, 3.8) is 0 Å². The van der Waals surface area contributed by atoms with Crippen molar-refractivity contribution >= 4 is 17.7 Å². The minimum atomic E-state index is -0.970. The average molecular weight is 405 g/mol. The van der Waals surface area contributed by atoms with E-state index in [-0.39, 0.29) is 17.0 Å². The van der Waals surface area contributed by atoms with Gasteiger partial charge in [0.2, 0.25) is 5.82 Å². The van der Waals surface area contributed by atoms with Crippen molar-refractivity contribution in [2.45, 2.75) is 48.3 Å². The fourth-order valence-corrected chi connectivity index (χ4v) is 6.56. The molecule has 1 aromatic heterocycles. The second-order valence-corrected chi connectivity index (χ2v) is 9.11. The van der Waals surface area contributed by atoms with Crippen LogP contribution >= 0.6 is 11.8 Å². The first kappa shape index (κ1) is 18.5. The van der Waals surface area contributed by atoms with Crippen molar-refractivity contribution in [3.8, 4) is 5.69 Å². The van der Waals surface area contributed by atoms with Crippen molar-refractivity contribution in [3.05, 3.63) is 77.7 Å². The summed E-state index contributed by atoms with van der Waals surface area (Å²) >= 11 is 1.79. The zero-order chi connectivity index (χ0) is 19.8. The highest BCUT2D eigenvalue weighted by molar-refractivity contribution is 7.99. The van der Waals surface area contributed by atoms with E-state index in [0.717, 1.165) is 16.4 Å². The highest BCUT2D eigenvalue weighted by atomic mass is 32.2. The first-order valence-corrected chi connectivity index (χ1v) is 11.2. The molecule has 2 heterocycles. The number of rotatable bonds is 4. The number of fused-ring (bicyclic) bond motifs is 1. The molecule has 0 saturated heterocycles. The number of aromatic nitrogens is 2. The first-order valence-electron chi connectivity index (χ1n) is 10.4. The van der Waals surface area contributed by atoms with Gasteiger partial charge in [-0.3, -0.25) is 4.57 Å². The number of thioether (sulfide) groups is 1. The fraction of sp³-hybridized carbons (Fsp3) is 0.333. The number of carboxylic acid groups (broad SMARTS) is 1. The lowest BCUT2D eigenvalue weighted by Crippen LogP contribution is -2.19. The Kier molecular flexibility index (Phi) is 4.92. The van der Waals surface area contributed by atoms with Gasteiger partial charge in [-0.05, 0) is 36.5 Å². The van der Waals surface area contributed by atoms with Crippen molar-refractivity contribution in [1.82, 2.24) is 9.55 Å². The highest BCUT2D eigenvalue weighted by Crippen LogP contribution is 2.59. The summed E-state index contributed by atoms with van der Waals surface area (Å²) in [5.74, 6) is -0.0206. The molecule has 0 unspecified atom stereocenters. The van der Waals surface area contributed by atoms with Gasteiger partial charge < -0.3 is 5.11 Å². The molecule has 5 rings (SSSR count). The predicted octanol–water partition coefficient (Wildman–Crippen LogP) is 6.08. The molecule has 29 heavy (non-hydrogen) atoms. The molecule has 1 aliphatic carbocycles. The van der Waals surface area contributed by atoms with Crippen LogP contribution in [0.5, 0.6) is 0 Å². The number of carboxylic acids is 1. The normalized spacial score (nSPS) is 21.8. The molecule has 0 bridgehead atoms. The van der Waals surface area contributed by atoms with E-state index >= 15 is 0 Å². The van der Waals surface area contributed by atoms with Crippen molar-refractivity contribution < 1.29 is 9.90 Å².